The van der Waals surface area contributed by atoms with E-state index in [1.54, 1.807) is 36.1 Å². The monoisotopic (exact) mass is 375 g/mol. The van der Waals surface area contributed by atoms with E-state index < -0.39 is 5.41 Å². The number of thiophene rings is 1. The van der Waals surface area contributed by atoms with Gasteiger partial charge >= 0.3 is 5.97 Å². The number of ether oxygens (including phenoxy) is 1. The van der Waals surface area contributed by atoms with E-state index in [0.29, 0.717) is 29.8 Å². The zero-order chi connectivity index (χ0) is 18.6. The van der Waals surface area contributed by atoms with E-state index in [-0.39, 0.29) is 37.3 Å². The predicted octanol–water partition coefficient (Wildman–Crippen LogP) is 3.92. The molecular weight excluding hydrogens is 353 g/mol. The second-order valence-electron chi connectivity index (χ2n) is 6.58. The molecule has 138 valence electrons. The molecule has 1 saturated heterocycles. The topological polar surface area (TPSA) is 46.6 Å². The molecule has 0 radical (unpaired) electrons. The van der Waals surface area contributed by atoms with Crippen molar-refractivity contribution < 1.29 is 18.7 Å². The lowest BCUT2D eigenvalue weighted by atomic mass is 9.75. The van der Waals surface area contributed by atoms with Crippen molar-refractivity contribution in [3.63, 3.8) is 0 Å². The summed E-state index contributed by atoms with van der Waals surface area (Å²) in [5.41, 5.74) is -0.436. The highest BCUT2D eigenvalue weighted by Crippen LogP contribution is 2.36. The van der Waals surface area contributed by atoms with Crippen molar-refractivity contribution >= 4 is 23.2 Å². The highest BCUT2D eigenvalue weighted by molar-refractivity contribution is 7.12. The van der Waals surface area contributed by atoms with Crippen molar-refractivity contribution in [1.82, 2.24) is 4.90 Å². The molecule has 6 heteroatoms. The van der Waals surface area contributed by atoms with E-state index >= 15 is 0 Å². The number of halogens is 1. The van der Waals surface area contributed by atoms with Crippen molar-refractivity contribution in [2.45, 2.75) is 26.2 Å². The van der Waals surface area contributed by atoms with Crippen LogP contribution in [0.4, 0.5) is 4.39 Å². The average molecular weight is 375 g/mol. The zero-order valence-electron chi connectivity index (χ0n) is 14.7. The van der Waals surface area contributed by atoms with Crippen LogP contribution in [0.5, 0.6) is 0 Å². The molecule has 1 aromatic heterocycles. The number of carbonyl (C=O) groups is 2. The number of hydrogen-bond donors (Lipinski definition) is 0. The number of nitrogens with zero attached hydrogens (tertiary/aromatic N) is 1. The smallest absolute Gasteiger partial charge is 0.314 e. The number of amides is 1. The lowest BCUT2D eigenvalue weighted by Gasteiger charge is -2.41. The van der Waals surface area contributed by atoms with E-state index in [2.05, 4.69) is 0 Å². The SMILES string of the molecule is CCOC(=O)[C@@]1(Cc2ccccc2F)CCCN(C(=O)c2cccs2)C1. The molecule has 1 amide bonds. The van der Waals surface area contributed by atoms with Crippen LogP contribution in [0.2, 0.25) is 0 Å². The van der Waals surface area contributed by atoms with E-state index in [4.69, 9.17) is 4.74 Å². The zero-order valence-corrected chi connectivity index (χ0v) is 15.6. The molecule has 4 nitrogen and oxygen atoms in total. The lowest BCUT2D eigenvalue weighted by Crippen LogP contribution is -2.51. The van der Waals surface area contributed by atoms with Gasteiger partial charge in [-0.05, 0) is 49.3 Å². The van der Waals surface area contributed by atoms with E-state index in [0.717, 1.165) is 0 Å². The molecule has 0 unspecified atom stereocenters. The molecule has 3 rings (SSSR count). The fourth-order valence-corrected chi connectivity index (χ4v) is 4.23. The van der Waals surface area contributed by atoms with Crippen molar-refractivity contribution in [3.8, 4) is 0 Å². The minimum absolute atomic E-state index is 0.0816. The molecule has 1 aliphatic heterocycles. The predicted molar refractivity (Wildman–Crippen MR) is 98.6 cm³/mol. The highest BCUT2D eigenvalue weighted by Gasteiger charge is 2.45. The van der Waals surface area contributed by atoms with Gasteiger partial charge in [-0.2, -0.15) is 0 Å². The molecule has 0 saturated carbocycles. The Morgan fingerprint density at radius 3 is 2.77 bits per heavy atom. The van der Waals surface area contributed by atoms with Crippen molar-refractivity contribution in [1.29, 1.82) is 0 Å². The highest BCUT2D eigenvalue weighted by atomic mass is 32.1. The van der Waals surface area contributed by atoms with Crippen LogP contribution in [0.1, 0.15) is 35.0 Å². The Kier molecular flexibility index (Phi) is 5.71. The van der Waals surface area contributed by atoms with E-state index in [1.165, 1.54) is 17.4 Å². The largest absolute Gasteiger partial charge is 0.466 e. The van der Waals surface area contributed by atoms with Gasteiger partial charge in [0.25, 0.3) is 5.91 Å². The standard InChI is InChI=1S/C20H22FNO3S/c1-2-25-19(24)20(13-15-7-3-4-8-16(15)21)10-6-11-22(14-20)18(23)17-9-5-12-26-17/h3-5,7-9,12H,2,6,10-11,13-14H2,1H3/t20-/m1/s1. The molecule has 1 fully saturated rings. The van der Waals surface area contributed by atoms with Gasteiger partial charge in [0.2, 0.25) is 0 Å². The summed E-state index contributed by atoms with van der Waals surface area (Å²) in [5, 5.41) is 1.86. The van der Waals surface area contributed by atoms with Crippen LogP contribution in [0.15, 0.2) is 41.8 Å². The summed E-state index contributed by atoms with van der Waals surface area (Å²) in [4.78, 5) is 27.9. The third-order valence-corrected chi connectivity index (χ3v) is 5.65. The van der Waals surface area contributed by atoms with Gasteiger partial charge in [0.15, 0.2) is 0 Å². The van der Waals surface area contributed by atoms with Gasteiger partial charge in [-0.3, -0.25) is 9.59 Å². The molecule has 0 spiro atoms. The van der Waals surface area contributed by atoms with Crippen LogP contribution >= 0.6 is 11.3 Å². The van der Waals surface area contributed by atoms with Gasteiger partial charge in [-0.25, -0.2) is 4.39 Å². The van der Waals surface area contributed by atoms with Crippen molar-refractivity contribution in [2.75, 3.05) is 19.7 Å². The summed E-state index contributed by atoms with van der Waals surface area (Å²) in [6.45, 7) is 2.86. The first-order valence-electron chi connectivity index (χ1n) is 8.79. The number of rotatable bonds is 5. The van der Waals surface area contributed by atoms with Gasteiger partial charge in [0.1, 0.15) is 5.82 Å². The maximum Gasteiger partial charge on any atom is 0.314 e. The second-order valence-corrected chi connectivity index (χ2v) is 7.52. The number of esters is 1. The molecule has 1 atom stereocenters. The summed E-state index contributed by atoms with van der Waals surface area (Å²) in [6.07, 6.45) is 1.49. The van der Waals surface area contributed by atoms with Crippen LogP contribution in [-0.4, -0.2) is 36.5 Å². The fraction of sp³-hybridized carbons (Fsp3) is 0.400. The van der Waals surface area contributed by atoms with Crippen LogP contribution in [0, 0.1) is 11.2 Å². The Bertz CT molecular complexity index is 777. The summed E-state index contributed by atoms with van der Waals surface area (Å²) in [6, 6.07) is 10.1. The van der Waals surface area contributed by atoms with Gasteiger partial charge in [0.05, 0.1) is 16.9 Å². The Hall–Kier alpha value is -2.21. The summed E-state index contributed by atoms with van der Waals surface area (Å²) in [7, 11) is 0. The molecule has 0 aliphatic carbocycles. The quantitative estimate of drug-likeness (QED) is 0.744. The molecule has 2 heterocycles. The van der Waals surface area contributed by atoms with Gasteiger partial charge in [-0.1, -0.05) is 24.3 Å². The van der Waals surface area contributed by atoms with Gasteiger partial charge in [-0.15, -0.1) is 11.3 Å². The maximum atomic E-state index is 14.2. The number of carbonyl (C=O) groups excluding carboxylic acids is 2. The molecule has 2 aromatic rings. The van der Waals surface area contributed by atoms with E-state index in [1.807, 2.05) is 11.4 Å². The third kappa shape index (κ3) is 3.80. The van der Waals surface area contributed by atoms with Gasteiger partial charge in [0, 0.05) is 13.1 Å². The molecular formula is C20H22FNO3S. The molecule has 1 aromatic carbocycles. The summed E-state index contributed by atoms with van der Waals surface area (Å²) in [5.74, 6) is -0.772. The Morgan fingerprint density at radius 1 is 1.27 bits per heavy atom. The van der Waals surface area contributed by atoms with E-state index in [9.17, 15) is 14.0 Å². The molecule has 0 N–H and O–H groups in total. The lowest BCUT2D eigenvalue weighted by molar-refractivity contribution is -0.158. The third-order valence-electron chi connectivity index (χ3n) is 4.79. The first-order valence-corrected chi connectivity index (χ1v) is 9.67. The normalized spacial score (nSPS) is 20.0. The second kappa shape index (κ2) is 7.99. The minimum atomic E-state index is -0.913. The van der Waals surface area contributed by atoms with Crippen LogP contribution in [0.25, 0.3) is 0 Å². The Morgan fingerprint density at radius 2 is 2.08 bits per heavy atom. The number of hydrogen-bond acceptors (Lipinski definition) is 4. The summed E-state index contributed by atoms with van der Waals surface area (Å²) >= 11 is 1.38. The molecule has 1 aliphatic rings. The first-order chi connectivity index (χ1) is 12.6. The molecule has 0 bridgehead atoms. The van der Waals surface area contributed by atoms with Crippen molar-refractivity contribution in [3.05, 3.63) is 58.0 Å². The Balaban J connectivity index is 1.89. The summed E-state index contributed by atoms with van der Waals surface area (Å²) < 4.78 is 19.5. The number of piperidine rings is 1. The average Bonchev–Trinajstić information content (AvgIpc) is 3.18. The van der Waals surface area contributed by atoms with Crippen LogP contribution in [0.3, 0.4) is 0 Å². The van der Waals surface area contributed by atoms with Gasteiger partial charge < -0.3 is 9.64 Å². The van der Waals surface area contributed by atoms with Crippen molar-refractivity contribution in [2.24, 2.45) is 5.41 Å². The fourth-order valence-electron chi connectivity index (χ4n) is 3.53. The molecule has 26 heavy (non-hydrogen) atoms. The maximum absolute atomic E-state index is 14.2. The van der Waals surface area contributed by atoms with Crippen LogP contribution < -0.4 is 0 Å². The number of benzene rings is 1. The van der Waals surface area contributed by atoms with Crippen LogP contribution in [-0.2, 0) is 16.0 Å². The minimum Gasteiger partial charge on any atom is -0.466 e. The number of likely N-dealkylation sites (tertiary alicyclic amines) is 1. The Labute approximate surface area is 156 Å². The first kappa shape index (κ1) is 18.6.